The molecule has 0 radical (unpaired) electrons. The van der Waals surface area contributed by atoms with Crippen LogP contribution >= 0.6 is 0 Å². The van der Waals surface area contributed by atoms with Gasteiger partial charge in [-0.2, -0.15) is 0 Å². The fraction of sp³-hybridized carbons (Fsp3) is 0.857. The highest BCUT2D eigenvalue weighted by Crippen LogP contribution is 2.43. The summed E-state index contributed by atoms with van der Waals surface area (Å²) < 4.78 is 0. The Balaban J connectivity index is 1.67. The van der Waals surface area contributed by atoms with Crippen molar-refractivity contribution in [2.24, 2.45) is 17.8 Å². The van der Waals surface area contributed by atoms with Gasteiger partial charge in [0.2, 0.25) is 5.91 Å². The van der Waals surface area contributed by atoms with Crippen molar-refractivity contribution in [1.82, 2.24) is 4.90 Å². The van der Waals surface area contributed by atoms with Crippen LogP contribution in [0.25, 0.3) is 0 Å². The first-order chi connectivity index (χ1) is 8.68. The van der Waals surface area contributed by atoms with Crippen LogP contribution in [-0.4, -0.2) is 34.5 Å². The number of carbonyl (C=O) groups is 2. The van der Waals surface area contributed by atoms with Gasteiger partial charge in [-0.05, 0) is 38.0 Å². The van der Waals surface area contributed by atoms with Crippen LogP contribution in [0, 0.1) is 17.8 Å². The minimum Gasteiger partial charge on any atom is -0.481 e. The van der Waals surface area contributed by atoms with Gasteiger partial charge in [0.15, 0.2) is 0 Å². The van der Waals surface area contributed by atoms with Crippen LogP contribution in [0.1, 0.15) is 44.9 Å². The second-order valence-electron chi connectivity index (χ2n) is 6.07. The second-order valence-corrected chi connectivity index (χ2v) is 6.07. The first-order valence-electron chi connectivity index (χ1n) is 7.22. The van der Waals surface area contributed by atoms with Gasteiger partial charge in [0.25, 0.3) is 0 Å². The molecule has 2 unspecified atom stereocenters. The zero-order chi connectivity index (χ0) is 12.7. The van der Waals surface area contributed by atoms with Gasteiger partial charge >= 0.3 is 5.97 Å². The highest BCUT2D eigenvalue weighted by atomic mass is 16.4. The van der Waals surface area contributed by atoms with Crippen LogP contribution in [0.4, 0.5) is 0 Å². The molecule has 100 valence electrons. The van der Waals surface area contributed by atoms with Crippen molar-refractivity contribution in [3.05, 3.63) is 0 Å². The van der Waals surface area contributed by atoms with Crippen LogP contribution in [-0.2, 0) is 9.59 Å². The monoisotopic (exact) mass is 251 g/mol. The Morgan fingerprint density at radius 1 is 1.00 bits per heavy atom. The molecule has 1 heterocycles. The number of amides is 1. The summed E-state index contributed by atoms with van der Waals surface area (Å²) in [5.74, 6) is -0.618. The van der Waals surface area contributed by atoms with E-state index in [2.05, 4.69) is 0 Å². The Bertz CT molecular complexity index is 366. The third kappa shape index (κ3) is 2.02. The SMILES string of the molecule is O=C(O)C1CC1C(=O)N1CCC[C@H]2CCCC[C@H]21. The Morgan fingerprint density at radius 2 is 1.72 bits per heavy atom. The lowest BCUT2D eigenvalue weighted by atomic mass is 9.78. The molecule has 1 N–H and O–H groups in total. The van der Waals surface area contributed by atoms with Crippen molar-refractivity contribution in [2.45, 2.75) is 51.0 Å². The van der Waals surface area contributed by atoms with Crippen molar-refractivity contribution in [3.63, 3.8) is 0 Å². The second kappa shape index (κ2) is 4.56. The maximum Gasteiger partial charge on any atom is 0.307 e. The van der Waals surface area contributed by atoms with E-state index in [4.69, 9.17) is 5.11 Å². The van der Waals surface area contributed by atoms with Gasteiger partial charge < -0.3 is 10.0 Å². The first kappa shape index (κ1) is 12.0. The summed E-state index contributed by atoms with van der Waals surface area (Å²) in [6.45, 7) is 0.850. The normalized spacial score (nSPS) is 39.0. The fourth-order valence-electron chi connectivity index (χ4n) is 3.85. The lowest BCUT2D eigenvalue weighted by molar-refractivity contribution is -0.144. The molecule has 2 saturated carbocycles. The zero-order valence-electron chi connectivity index (χ0n) is 10.7. The highest BCUT2D eigenvalue weighted by molar-refractivity contribution is 5.89. The van der Waals surface area contributed by atoms with Gasteiger partial charge in [-0.1, -0.05) is 12.8 Å². The number of carboxylic acid groups (broad SMARTS) is 1. The number of aliphatic carboxylic acids is 1. The number of carbonyl (C=O) groups excluding carboxylic acids is 1. The molecule has 0 aromatic carbocycles. The summed E-state index contributed by atoms with van der Waals surface area (Å²) in [6, 6.07) is 0.412. The summed E-state index contributed by atoms with van der Waals surface area (Å²) in [5.41, 5.74) is 0. The first-order valence-corrected chi connectivity index (χ1v) is 7.22. The van der Waals surface area contributed by atoms with E-state index in [0.29, 0.717) is 18.4 Å². The van der Waals surface area contributed by atoms with E-state index in [1.165, 1.54) is 25.7 Å². The minimum atomic E-state index is -0.800. The van der Waals surface area contributed by atoms with Gasteiger partial charge in [0.1, 0.15) is 0 Å². The Kier molecular flexibility index (Phi) is 3.04. The number of likely N-dealkylation sites (tertiary alicyclic amines) is 1. The van der Waals surface area contributed by atoms with Gasteiger partial charge in [-0.3, -0.25) is 9.59 Å². The molecular formula is C14H21NO3. The number of rotatable bonds is 2. The number of hydrogen-bond donors (Lipinski definition) is 1. The van der Waals surface area contributed by atoms with Gasteiger partial charge in [0, 0.05) is 12.6 Å². The molecule has 1 saturated heterocycles. The van der Waals surface area contributed by atoms with E-state index in [1.54, 1.807) is 0 Å². The van der Waals surface area contributed by atoms with E-state index in [0.717, 1.165) is 19.4 Å². The van der Waals surface area contributed by atoms with Crippen LogP contribution in [0.15, 0.2) is 0 Å². The maximum atomic E-state index is 12.4. The van der Waals surface area contributed by atoms with Crippen molar-refractivity contribution in [3.8, 4) is 0 Å². The van der Waals surface area contributed by atoms with E-state index in [9.17, 15) is 9.59 Å². The molecule has 2 aliphatic carbocycles. The van der Waals surface area contributed by atoms with E-state index in [1.807, 2.05) is 4.90 Å². The topological polar surface area (TPSA) is 57.6 Å². The summed E-state index contributed by atoms with van der Waals surface area (Å²) in [7, 11) is 0. The molecule has 3 fully saturated rings. The van der Waals surface area contributed by atoms with Gasteiger partial charge in [-0.25, -0.2) is 0 Å². The molecule has 1 amide bonds. The van der Waals surface area contributed by atoms with Crippen LogP contribution < -0.4 is 0 Å². The fourth-order valence-corrected chi connectivity index (χ4v) is 3.85. The number of nitrogens with zero attached hydrogens (tertiary/aromatic N) is 1. The summed E-state index contributed by atoms with van der Waals surface area (Å²) in [6.07, 6.45) is 7.80. The Hall–Kier alpha value is -1.06. The molecule has 4 atom stereocenters. The van der Waals surface area contributed by atoms with Crippen molar-refractivity contribution >= 4 is 11.9 Å². The van der Waals surface area contributed by atoms with Crippen molar-refractivity contribution in [2.75, 3.05) is 6.54 Å². The summed E-state index contributed by atoms with van der Waals surface area (Å²) >= 11 is 0. The van der Waals surface area contributed by atoms with Gasteiger partial charge in [0.05, 0.1) is 11.8 Å². The van der Waals surface area contributed by atoms with Crippen molar-refractivity contribution < 1.29 is 14.7 Å². The number of carboxylic acids is 1. The average Bonchev–Trinajstić information content (AvgIpc) is 3.17. The molecule has 3 rings (SSSR count). The average molecular weight is 251 g/mol. The predicted octanol–water partition coefficient (Wildman–Crippen LogP) is 1.89. The Labute approximate surface area is 107 Å². The molecule has 0 spiro atoms. The molecule has 1 aliphatic heterocycles. The van der Waals surface area contributed by atoms with Crippen molar-refractivity contribution in [1.29, 1.82) is 0 Å². The lowest BCUT2D eigenvalue weighted by Gasteiger charge is -2.44. The maximum absolute atomic E-state index is 12.4. The molecule has 0 aromatic rings. The lowest BCUT2D eigenvalue weighted by Crippen LogP contribution is -2.50. The largest absolute Gasteiger partial charge is 0.481 e. The van der Waals surface area contributed by atoms with E-state index in [-0.39, 0.29) is 11.8 Å². The van der Waals surface area contributed by atoms with E-state index < -0.39 is 11.9 Å². The predicted molar refractivity (Wildman–Crippen MR) is 65.9 cm³/mol. The molecule has 4 heteroatoms. The highest BCUT2D eigenvalue weighted by Gasteiger charge is 2.51. The third-order valence-electron chi connectivity index (χ3n) is 4.95. The zero-order valence-corrected chi connectivity index (χ0v) is 10.7. The van der Waals surface area contributed by atoms with Crippen LogP contribution in [0.3, 0.4) is 0 Å². The smallest absolute Gasteiger partial charge is 0.307 e. The molecule has 0 bridgehead atoms. The molecule has 3 aliphatic rings. The number of hydrogen-bond acceptors (Lipinski definition) is 2. The number of fused-ring (bicyclic) bond motifs is 1. The number of piperidine rings is 1. The van der Waals surface area contributed by atoms with Crippen LogP contribution in [0.5, 0.6) is 0 Å². The molecular weight excluding hydrogens is 230 g/mol. The molecule has 18 heavy (non-hydrogen) atoms. The van der Waals surface area contributed by atoms with Crippen LogP contribution in [0.2, 0.25) is 0 Å². The quantitative estimate of drug-likeness (QED) is 0.815. The summed E-state index contributed by atoms with van der Waals surface area (Å²) in [5, 5.41) is 8.93. The molecule has 4 nitrogen and oxygen atoms in total. The minimum absolute atomic E-state index is 0.124. The van der Waals surface area contributed by atoms with E-state index >= 15 is 0 Å². The molecule has 0 aromatic heterocycles. The van der Waals surface area contributed by atoms with Gasteiger partial charge in [-0.15, -0.1) is 0 Å². The standard InChI is InChI=1S/C14H21NO3/c16-13(10-8-11(10)14(17)18)15-7-3-5-9-4-1-2-6-12(9)15/h9-12H,1-8H2,(H,17,18)/t9-,10?,11?,12-/m1/s1. The summed E-state index contributed by atoms with van der Waals surface area (Å²) in [4.78, 5) is 25.3. The Morgan fingerprint density at radius 3 is 2.44 bits per heavy atom. The third-order valence-corrected chi connectivity index (χ3v) is 4.95.